The van der Waals surface area contributed by atoms with Crippen molar-refractivity contribution in [2.24, 2.45) is 0 Å². The number of hydrogen-bond acceptors (Lipinski definition) is 3. The van der Waals surface area contributed by atoms with Gasteiger partial charge in [-0.15, -0.1) is 0 Å². The van der Waals surface area contributed by atoms with Gasteiger partial charge < -0.3 is 15.4 Å². The lowest BCUT2D eigenvalue weighted by atomic mass is 9.87. The van der Waals surface area contributed by atoms with E-state index in [1.54, 1.807) is 24.4 Å². The summed E-state index contributed by atoms with van der Waals surface area (Å²) in [5, 5.41) is 6.65. The third-order valence-corrected chi connectivity index (χ3v) is 4.96. The van der Waals surface area contributed by atoms with E-state index in [0.717, 1.165) is 31.7 Å². The van der Waals surface area contributed by atoms with Crippen molar-refractivity contribution >= 4 is 23.0 Å². The lowest BCUT2D eigenvalue weighted by Gasteiger charge is -2.33. The van der Waals surface area contributed by atoms with E-state index in [0.29, 0.717) is 22.2 Å². The fourth-order valence-electron chi connectivity index (χ4n) is 3.41. The first kappa shape index (κ1) is 19.4. The largest absolute Gasteiger partial charge is 0.481 e. The molecule has 1 aliphatic rings. The van der Waals surface area contributed by atoms with Crippen LogP contribution in [0.4, 0.5) is 18.9 Å². The predicted octanol–water partition coefficient (Wildman–Crippen LogP) is 4.86. The molecule has 8 heteroatoms. The van der Waals surface area contributed by atoms with E-state index in [-0.39, 0.29) is 0 Å². The third kappa shape index (κ3) is 4.50. The fourth-order valence-corrected chi connectivity index (χ4v) is 3.73. The van der Waals surface area contributed by atoms with Gasteiger partial charge in [0.1, 0.15) is 0 Å². The van der Waals surface area contributed by atoms with Gasteiger partial charge in [0, 0.05) is 6.07 Å². The molecule has 1 fully saturated rings. The molecule has 1 heterocycles. The molecule has 1 saturated carbocycles. The summed E-state index contributed by atoms with van der Waals surface area (Å²) < 4.78 is 44.4. The average Bonchev–Trinajstić information content (AvgIpc) is 3.11. The van der Waals surface area contributed by atoms with Crippen LogP contribution in [0, 0.1) is 0 Å². The van der Waals surface area contributed by atoms with Gasteiger partial charge >= 0.3 is 6.18 Å². The molecule has 27 heavy (non-hydrogen) atoms. The molecule has 0 saturated heterocycles. The van der Waals surface area contributed by atoms with E-state index in [9.17, 15) is 13.2 Å². The Morgan fingerprint density at radius 2 is 1.93 bits per heavy atom. The molecule has 3 rings (SSSR count). The zero-order valence-corrected chi connectivity index (χ0v) is 15.6. The number of rotatable bonds is 4. The standard InChI is InChI=1S/C19H20F3N3OS/c1-26-16-8-7-15(12-23-16)24-17(27)25-18(9-2-3-10-18)13-5-4-6-14(11-13)19(20,21)22/h4-8,11-12H,2-3,9-10H2,1H3,(H2,24,25,27). The molecule has 144 valence electrons. The number of ether oxygens (including phenoxy) is 1. The average molecular weight is 395 g/mol. The second-order valence-corrected chi connectivity index (χ2v) is 6.94. The van der Waals surface area contributed by atoms with Gasteiger partial charge in [-0.3, -0.25) is 0 Å². The first-order valence-corrected chi connectivity index (χ1v) is 9.00. The number of thiocarbonyl (C=S) groups is 1. The number of alkyl halides is 3. The molecule has 1 aromatic carbocycles. The molecule has 2 N–H and O–H groups in total. The van der Waals surface area contributed by atoms with E-state index in [4.69, 9.17) is 17.0 Å². The number of methoxy groups -OCH3 is 1. The first-order chi connectivity index (χ1) is 12.8. The van der Waals surface area contributed by atoms with Crippen LogP contribution in [0.3, 0.4) is 0 Å². The van der Waals surface area contributed by atoms with Crippen molar-refractivity contribution in [2.75, 3.05) is 12.4 Å². The number of pyridine rings is 1. The minimum Gasteiger partial charge on any atom is -0.481 e. The summed E-state index contributed by atoms with van der Waals surface area (Å²) >= 11 is 5.41. The van der Waals surface area contributed by atoms with Crippen molar-refractivity contribution < 1.29 is 17.9 Å². The van der Waals surface area contributed by atoms with Crippen LogP contribution in [0.1, 0.15) is 36.8 Å². The van der Waals surface area contributed by atoms with E-state index in [1.807, 2.05) is 0 Å². The summed E-state index contributed by atoms with van der Waals surface area (Å²) in [6.45, 7) is 0. The molecule has 1 aromatic heterocycles. The molecule has 0 amide bonds. The van der Waals surface area contributed by atoms with Crippen LogP contribution in [-0.2, 0) is 11.7 Å². The number of anilines is 1. The Labute approximate surface area is 161 Å². The summed E-state index contributed by atoms with van der Waals surface area (Å²) in [5.74, 6) is 0.482. The van der Waals surface area contributed by atoms with Crippen molar-refractivity contribution in [3.63, 3.8) is 0 Å². The molecule has 0 bridgehead atoms. The maximum Gasteiger partial charge on any atom is 0.416 e. The summed E-state index contributed by atoms with van der Waals surface area (Å²) in [6, 6.07) is 8.95. The van der Waals surface area contributed by atoms with Crippen LogP contribution in [0.2, 0.25) is 0 Å². The number of nitrogens with zero attached hydrogens (tertiary/aromatic N) is 1. The minimum atomic E-state index is -4.37. The van der Waals surface area contributed by atoms with E-state index < -0.39 is 17.3 Å². The Bertz CT molecular complexity index is 803. The van der Waals surface area contributed by atoms with Crippen LogP contribution < -0.4 is 15.4 Å². The normalized spacial score (nSPS) is 16.0. The molecular formula is C19H20F3N3OS. The van der Waals surface area contributed by atoms with Crippen molar-refractivity contribution in [2.45, 2.75) is 37.4 Å². The van der Waals surface area contributed by atoms with Crippen molar-refractivity contribution in [1.82, 2.24) is 10.3 Å². The molecule has 1 aliphatic carbocycles. The molecule has 0 aliphatic heterocycles. The molecular weight excluding hydrogens is 375 g/mol. The van der Waals surface area contributed by atoms with Gasteiger partial charge in [-0.05, 0) is 48.8 Å². The highest BCUT2D eigenvalue weighted by molar-refractivity contribution is 7.80. The van der Waals surface area contributed by atoms with Gasteiger partial charge in [0.05, 0.1) is 30.1 Å². The number of halogens is 3. The second kappa shape index (κ2) is 7.72. The number of nitrogens with one attached hydrogen (secondary N) is 2. The number of benzene rings is 1. The monoisotopic (exact) mass is 395 g/mol. The van der Waals surface area contributed by atoms with Gasteiger partial charge in [-0.1, -0.05) is 25.0 Å². The van der Waals surface area contributed by atoms with Gasteiger partial charge in [0.15, 0.2) is 5.11 Å². The summed E-state index contributed by atoms with van der Waals surface area (Å²) in [5.41, 5.74) is 0.0224. The SMILES string of the molecule is COc1ccc(NC(=S)NC2(c3cccc(C(F)(F)F)c3)CCCC2)cn1. The maximum atomic E-state index is 13.1. The Morgan fingerprint density at radius 1 is 1.19 bits per heavy atom. The van der Waals surface area contributed by atoms with Crippen molar-refractivity contribution in [3.05, 3.63) is 53.7 Å². The van der Waals surface area contributed by atoms with Gasteiger partial charge in [-0.25, -0.2) is 4.98 Å². The Kier molecular flexibility index (Phi) is 5.55. The Morgan fingerprint density at radius 3 is 2.52 bits per heavy atom. The first-order valence-electron chi connectivity index (χ1n) is 8.59. The fraction of sp³-hybridized carbons (Fsp3) is 0.368. The molecule has 2 aromatic rings. The zero-order valence-electron chi connectivity index (χ0n) is 14.8. The van der Waals surface area contributed by atoms with Crippen LogP contribution in [0.25, 0.3) is 0 Å². The highest BCUT2D eigenvalue weighted by Gasteiger charge is 2.38. The van der Waals surface area contributed by atoms with Gasteiger partial charge in [-0.2, -0.15) is 13.2 Å². The summed E-state index contributed by atoms with van der Waals surface area (Å²) in [7, 11) is 1.53. The highest BCUT2D eigenvalue weighted by atomic mass is 32.1. The van der Waals surface area contributed by atoms with Gasteiger partial charge in [0.2, 0.25) is 5.88 Å². The topological polar surface area (TPSA) is 46.2 Å². The van der Waals surface area contributed by atoms with Crippen molar-refractivity contribution in [1.29, 1.82) is 0 Å². The minimum absolute atomic E-state index is 0.348. The zero-order chi connectivity index (χ0) is 19.5. The summed E-state index contributed by atoms with van der Waals surface area (Å²) in [6.07, 6.45) is 0.502. The van der Waals surface area contributed by atoms with Crippen LogP contribution in [0.15, 0.2) is 42.6 Å². The molecule has 0 spiro atoms. The predicted molar refractivity (Wildman–Crippen MR) is 102 cm³/mol. The Hall–Kier alpha value is -2.35. The van der Waals surface area contributed by atoms with E-state index in [1.165, 1.54) is 19.2 Å². The van der Waals surface area contributed by atoms with E-state index >= 15 is 0 Å². The van der Waals surface area contributed by atoms with Crippen LogP contribution in [0.5, 0.6) is 5.88 Å². The molecule has 0 radical (unpaired) electrons. The second-order valence-electron chi connectivity index (χ2n) is 6.54. The third-order valence-electron chi connectivity index (χ3n) is 4.76. The highest BCUT2D eigenvalue weighted by Crippen LogP contribution is 2.40. The Balaban J connectivity index is 1.79. The lowest BCUT2D eigenvalue weighted by Crippen LogP contribution is -2.45. The lowest BCUT2D eigenvalue weighted by molar-refractivity contribution is -0.137. The smallest absolute Gasteiger partial charge is 0.416 e. The molecule has 4 nitrogen and oxygen atoms in total. The quantitative estimate of drug-likeness (QED) is 0.724. The van der Waals surface area contributed by atoms with E-state index in [2.05, 4.69) is 15.6 Å². The van der Waals surface area contributed by atoms with Crippen molar-refractivity contribution in [3.8, 4) is 5.88 Å². The number of hydrogen-bond donors (Lipinski definition) is 2. The maximum absolute atomic E-state index is 13.1. The summed E-state index contributed by atoms with van der Waals surface area (Å²) in [4.78, 5) is 4.10. The number of aromatic nitrogens is 1. The van der Waals surface area contributed by atoms with Crippen LogP contribution >= 0.6 is 12.2 Å². The molecule has 0 atom stereocenters. The van der Waals surface area contributed by atoms with Gasteiger partial charge in [0.25, 0.3) is 0 Å². The molecule has 0 unspecified atom stereocenters. The van der Waals surface area contributed by atoms with Crippen LogP contribution in [-0.4, -0.2) is 17.2 Å².